The minimum Gasteiger partial charge on any atom is -0.503 e. The van der Waals surface area contributed by atoms with Crippen molar-refractivity contribution in [1.29, 1.82) is 0 Å². The third-order valence-corrected chi connectivity index (χ3v) is 8.54. The highest BCUT2D eigenvalue weighted by Gasteiger charge is 2.56. The summed E-state index contributed by atoms with van der Waals surface area (Å²) >= 11 is 0. The van der Waals surface area contributed by atoms with Gasteiger partial charge in [0.1, 0.15) is 34.4 Å². The highest BCUT2D eigenvalue weighted by molar-refractivity contribution is 5.99. The van der Waals surface area contributed by atoms with E-state index >= 15 is 0 Å². The van der Waals surface area contributed by atoms with Crippen molar-refractivity contribution in [3.05, 3.63) is 98.5 Å². The first kappa shape index (κ1) is 29.4. The summed E-state index contributed by atoms with van der Waals surface area (Å²) in [5.74, 6) is -7.24. The normalized spacial score (nSPS) is 22.8. The van der Waals surface area contributed by atoms with E-state index in [1.165, 1.54) is 33.7 Å². The largest absolute Gasteiger partial charge is 0.503 e. The first-order valence-corrected chi connectivity index (χ1v) is 13.8. The molecule has 3 atom stereocenters. The fourth-order valence-electron chi connectivity index (χ4n) is 6.15. The molecule has 3 amide bonds. The van der Waals surface area contributed by atoms with Crippen LogP contribution in [0.5, 0.6) is 5.75 Å². The average Bonchev–Trinajstić information content (AvgIpc) is 3.22. The van der Waals surface area contributed by atoms with Crippen molar-refractivity contribution >= 4 is 17.7 Å². The van der Waals surface area contributed by atoms with Crippen LogP contribution < -0.4 is 10.7 Å². The predicted molar refractivity (Wildman–Crippen MR) is 144 cm³/mol. The van der Waals surface area contributed by atoms with Crippen LogP contribution in [0.15, 0.2) is 47.4 Å². The predicted octanol–water partition coefficient (Wildman–Crippen LogP) is 3.32. The van der Waals surface area contributed by atoms with E-state index < -0.39 is 75.6 Å². The summed E-state index contributed by atoms with van der Waals surface area (Å²) in [5.41, 5.74) is -3.50. The van der Waals surface area contributed by atoms with Crippen LogP contribution in [0.3, 0.4) is 0 Å². The van der Waals surface area contributed by atoms with Crippen molar-refractivity contribution < 1.29 is 41.9 Å². The molecule has 44 heavy (non-hydrogen) atoms. The second kappa shape index (κ2) is 10.8. The number of hydrogen-bond acceptors (Lipinski definition) is 6. The van der Waals surface area contributed by atoms with Gasteiger partial charge in [-0.3, -0.25) is 24.0 Å². The van der Waals surface area contributed by atoms with Crippen molar-refractivity contribution in [3.8, 4) is 5.75 Å². The van der Waals surface area contributed by atoms with Gasteiger partial charge in [0, 0.05) is 43.0 Å². The molecule has 10 nitrogen and oxygen atoms in total. The molecular formula is C30H26F4N4O6. The zero-order valence-corrected chi connectivity index (χ0v) is 23.3. The van der Waals surface area contributed by atoms with Crippen LogP contribution in [0, 0.1) is 23.3 Å². The van der Waals surface area contributed by atoms with Crippen molar-refractivity contribution in [2.24, 2.45) is 0 Å². The lowest BCUT2D eigenvalue weighted by Crippen LogP contribution is -2.52. The lowest BCUT2D eigenvalue weighted by molar-refractivity contribution is -0.218. The second-order valence-electron chi connectivity index (χ2n) is 11.3. The third kappa shape index (κ3) is 4.88. The number of aromatic nitrogens is 1. The van der Waals surface area contributed by atoms with Gasteiger partial charge in [0.15, 0.2) is 11.4 Å². The number of rotatable bonds is 5. The number of amides is 3. The molecule has 3 aliphatic rings. The van der Waals surface area contributed by atoms with E-state index in [4.69, 9.17) is 4.84 Å². The quantitative estimate of drug-likeness (QED) is 0.426. The Bertz CT molecular complexity index is 1740. The number of nitrogens with zero attached hydrogens (tertiary/aromatic N) is 3. The van der Waals surface area contributed by atoms with E-state index in [1.54, 1.807) is 6.92 Å². The van der Waals surface area contributed by atoms with E-state index in [0.29, 0.717) is 30.5 Å². The number of hydroxylamine groups is 2. The second-order valence-corrected chi connectivity index (χ2v) is 11.3. The smallest absolute Gasteiger partial charge is 0.274 e. The topological polar surface area (TPSA) is 121 Å². The van der Waals surface area contributed by atoms with Crippen LogP contribution in [0.4, 0.5) is 17.6 Å². The molecule has 2 saturated heterocycles. The molecule has 1 spiro atoms. The van der Waals surface area contributed by atoms with Crippen molar-refractivity contribution in [2.75, 3.05) is 6.54 Å². The standard InChI is InChI=1S/C30H26F4N4O6/c1-15-6-7-30(10-24(39)38(44-30)12-16-2-4-17(31)5-3-16)23-14-36(15)29(43)25-27(41)26(40)20(13-37(23)25)28(42)35-11-19-21(33)8-18(32)9-22(19)34/h2-5,8-9,13,15,23,41H,6-7,10-12,14H2,1H3,(H,35,42)/t15-,23+,30-/m0/s1. The molecule has 2 N–H and O–H groups in total. The summed E-state index contributed by atoms with van der Waals surface area (Å²) in [7, 11) is 0. The number of benzene rings is 2. The number of carbonyl (C=O) groups excluding carboxylic acids is 3. The molecular weight excluding hydrogens is 588 g/mol. The molecule has 4 heterocycles. The molecule has 0 aliphatic carbocycles. The summed E-state index contributed by atoms with van der Waals surface area (Å²) in [6.45, 7) is 1.09. The van der Waals surface area contributed by atoms with Crippen LogP contribution in [-0.2, 0) is 22.7 Å². The van der Waals surface area contributed by atoms with Gasteiger partial charge in [-0.25, -0.2) is 22.6 Å². The summed E-state index contributed by atoms with van der Waals surface area (Å²) in [4.78, 5) is 60.8. The molecule has 0 saturated carbocycles. The van der Waals surface area contributed by atoms with Crippen molar-refractivity contribution in [2.45, 2.75) is 57.0 Å². The maximum absolute atomic E-state index is 14.1. The van der Waals surface area contributed by atoms with Crippen LogP contribution in [0.25, 0.3) is 0 Å². The number of hydrogen-bond donors (Lipinski definition) is 2. The zero-order chi connectivity index (χ0) is 31.5. The molecule has 2 aromatic carbocycles. The van der Waals surface area contributed by atoms with E-state index in [2.05, 4.69) is 5.32 Å². The first-order valence-electron chi connectivity index (χ1n) is 13.8. The van der Waals surface area contributed by atoms with Crippen LogP contribution in [0.2, 0.25) is 0 Å². The molecule has 2 fully saturated rings. The number of halogens is 4. The van der Waals surface area contributed by atoms with Gasteiger partial charge in [0.05, 0.1) is 19.0 Å². The van der Waals surface area contributed by atoms with E-state index in [1.807, 2.05) is 0 Å². The van der Waals surface area contributed by atoms with Crippen LogP contribution >= 0.6 is 0 Å². The number of pyridine rings is 1. The fourth-order valence-corrected chi connectivity index (χ4v) is 6.15. The molecule has 2 bridgehead atoms. The van der Waals surface area contributed by atoms with Gasteiger partial charge < -0.3 is 19.9 Å². The lowest BCUT2D eigenvalue weighted by atomic mass is 9.85. The van der Waals surface area contributed by atoms with Gasteiger partial charge in [-0.15, -0.1) is 0 Å². The van der Waals surface area contributed by atoms with Gasteiger partial charge in [-0.2, -0.15) is 0 Å². The van der Waals surface area contributed by atoms with Crippen LogP contribution in [0.1, 0.15) is 64.2 Å². The molecule has 3 aromatic rings. The molecule has 6 rings (SSSR count). The molecule has 0 radical (unpaired) electrons. The van der Waals surface area contributed by atoms with Crippen LogP contribution in [-0.4, -0.2) is 55.5 Å². The maximum atomic E-state index is 14.1. The Labute approximate surface area is 247 Å². The highest BCUT2D eigenvalue weighted by Crippen LogP contribution is 2.47. The Hall–Kier alpha value is -4.72. The van der Waals surface area contributed by atoms with E-state index in [-0.39, 0.29) is 37.2 Å². The monoisotopic (exact) mass is 614 g/mol. The maximum Gasteiger partial charge on any atom is 0.274 e. The third-order valence-electron chi connectivity index (χ3n) is 8.54. The van der Waals surface area contributed by atoms with E-state index in [9.17, 15) is 41.8 Å². The number of nitrogens with one attached hydrogen (secondary N) is 1. The van der Waals surface area contributed by atoms with Gasteiger partial charge in [-0.05, 0) is 37.5 Å². The van der Waals surface area contributed by atoms with Gasteiger partial charge in [0.25, 0.3) is 11.8 Å². The summed E-state index contributed by atoms with van der Waals surface area (Å²) in [5, 5.41) is 14.3. The Morgan fingerprint density at radius 1 is 1.07 bits per heavy atom. The lowest BCUT2D eigenvalue weighted by Gasteiger charge is -2.42. The molecule has 230 valence electrons. The summed E-state index contributed by atoms with van der Waals surface area (Å²) < 4.78 is 56.2. The minimum atomic E-state index is -1.25. The average molecular weight is 615 g/mol. The van der Waals surface area contributed by atoms with Gasteiger partial charge in [-0.1, -0.05) is 12.1 Å². The Morgan fingerprint density at radius 3 is 2.43 bits per heavy atom. The Morgan fingerprint density at radius 2 is 1.75 bits per heavy atom. The van der Waals surface area contributed by atoms with Gasteiger partial charge in [0.2, 0.25) is 11.3 Å². The molecule has 0 unspecified atom stereocenters. The van der Waals surface area contributed by atoms with Gasteiger partial charge >= 0.3 is 0 Å². The molecule has 3 aliphatic heterocycles. The first-order chi connectivity index (χ1) is 20.9. The van der Waals surface area contributed by atoms with Crippen molar-refractivity contribution in [3.63, 3.8) is 0 Å². The molecule has 14 heteroatoms. The Balaban J connectivity index is 1.36. The number of aromatic hydroxyl groups is 1. The highest BCUT2D eigenvalue weighted by atomic mass is 19.1. The SMILES string of the molecule is C[C@H]1CC[C@]2(CC(=O)N(Cc3ccc(F)cc3)O2)[C@H]2CN1C(=O)c1c(O)c(=O)c(C(=O)NCc3c(F)cc(F)cc3F)cn12. The van der Waals surface area contributed by atoms with E-state index in [0.717, 1.165) is 11.3 Å². The Kier molecular flexibility index (Phi) is 7.19. The number of carbonyl (C=O) groups is 3. The zero-order valence-electron chi connectivity index (χ0n) is 23.3. The van der Waals surface area contributed by atoms with Crippen molar-refractivity contribution in [1.82, 2.24) is 19.8 Å². The number of fused-ring (bicyclic) bond motifs is 5. The summed E-state index contributed by atoms with van der Waals surface area (Å²) in [6.07, 6.45) is 1.66. The fraction of sp³-hybridized carbons (Fsp3) is 0.333. The summed E-state index contributed by atoms with van der Waals surface area (Å²) in [6, 6.07) is 5.23. The minimum absolute atomic E-state index is 0.0121. The molecule has 1 aromatic heterocycles.